The van der Waals surface area contributed by atoms with Gasteiger partial charge in [0.2, 0.25) is 0 Å². The molecule has 0 saturated heterocycles. The SMILES string of the molecule is Nc1ccc(Cl)c(COCC2CCCCC2)n1. The lowest BCUT2D eigenvalue weighted by atomic mass is 9.90. The van der Waals surface area contributed by atoms with Gasteiger partial charge in [0, 0.05) is 6.61 Å². The molecular formula is C13H19ClN2O. The normalized spacial score (nSPS) is 17.2. The third-order valence-corrected chi connectivity index (χ3v) is 3.60. The minimum Gasteiger partial charge on any atom is -0.384 e. The fourth-order valence-electron chi connectivity index (χ4n) is 2.28. The molecule has 1 aromatic heterocycles. The van der Waals surface area contributed by atoms with E-state index in [2.05, 4.69) is 4.98 Å². The first-order valence-corrected chi connectivity index (χ1v) is 6.62. The summed E-state index contributed by atoms with van der Waals surface area (Å²) in [7, 11) is 0. The number of nitrogen functional groups attached to an aromatic ring is 1. The third-order valence-electron chi connectivity index (χ3n) is 3.26. The second-order valence-corrected chi connectivity index (χ2v) is 5.09. The van der Waals surface area contributed by atoms with Crippen molar-refractivity contribution in [1.82, 2.24) is 4.98 Å². The molecule has 0 spiro atoms. The minimum absolute atomic E-state index is 0.459. The molecule has 1 aliphatic rings. The minimum atomic E-state index is 0.459. The second-order valence-electron chi connectivity index (χ2n) is 4.68. The van der Waals surface area contributed by atoms with Crippen LogP contribution < -0.4 is 5.73 Å². The largest absolute Gasteiger partial charge is 0.384 e. The number of hydrogen-bond acceptors (Lipinski definition) is 3. The number of rotatable bonds is 4. The van der Waals surface area contributed by atoms with Gasteiger partial charge in [-0.05, 0) is 30.9 Å². The molecular weight excluding hydrogens is 236 g/mol. The van der Waals surface area contributed by atoms with Crippen LogP contribution in [0.5, 0.6) is 0 Å². The van der Waals surface area contributed by atoms with Gasteiger partial charge in [0.15, 0.2) is 0 Å². The average molecular weight is 255 g/mol. The molecule has 1 heterocycles. The predicted octanol–water partition coefficient (Wildman–Crippen LogP) is 3.41. The van der Waals surface area contributed by atoms with E-state index in [1.807, 2.05) is 0 Å². The van der Waals surface area contributed by atoms with Gasteiger partial charge in [-0.1, -0.05) is 30.9 Å². The van der Waals surface area contributed by atoms with Crippen LogP contribution >= 0.6 is 11.6 Å². The van der Waals surface area contributed by atoms with Gasteiger partial charge >= 0.3 is 0 Å². The zero-order valence-corrected chi connectivity index (χ0v) is 10.7. The highest BCUT2D eigenvalue weighted by atomic mass is 35.5. The van der Waals surface area contributed by atoms with Crippen LogP contribution in [-0.2, 0) is 11.3 Å². The Morgan fingerprint density at radius 3 is 2.82 bits per heavy atom. The standard InChI is InChI=1S/C13H19ClN2O/c14-11-6-7-13(15)16-12(11)9-17-8-10-4-2-1-3-5-10/h6-7,10H,1-5,8-9H2,(H2,15,16). The number of halogens is 1. The van der Waals surface area contributed by atoms with E-state index in [-0.39, 0.29) is 0 Å². The van der Waals surface area contributed by atoms with Crippen LogP contribution in [0.25, 0.3) is 0 Å². The van der Waals surface area contributed by atoms with Crippen molar-refractivity contribution in [3.8, 4) is 0 Å². The summed E-state index contributed by atoms with van der Waals surface area (Å²) in [5.41, 5.74) is 6.36. The van der Waals surface area contributed by atoms with Gasteiger partial charge in [0.05, 0.1) is 17.3 Å². The molecule has 2 N–H and O–H groups in total. The molecule has 1 fully saturated rings. The Morgan fingerprint density at radius 2 is 2.06 bits per heavy atom. The Labute approximate surface area is 107 Å². The van der Waals surface area contributed by atoms with Crippen LogP contribution in [0, 0.1) is 5.92 Å². The molecule has 1 aliphatic carbocycles. The van der Waals surface area contributed by atoms with E-state index in [4.69, 9.17) is 22.1 Å². The van der Waals surface area contributed by atoms with E-state index in [0.717, 1.165) is 12.3 Å². The lowest BCUT2D eigenvalue weighted by molar-refractivity contribution is 0.0721. The van der Waals surface area contributed by atoms with E-state index in [1.165, 1.54) is 32.1 Å². The Bertz CT molecular complexity index is 364. The number of nitrogens with zero attached hydrogens (tertiary/aromatic N) is 1. The monoisotopic (exact) mass is 254 g/mol. The maximum absolute atomic E-state index is 6.02. The summed E-state index contributed by atoms with van der Waals surface area (Å²) in [6, 6.07) is 3.47. The van der Waals surface area contributed by atoms with Gasteiger partial charge in [-0.3, -0.25) is 0 Å². The lowest BCUT2D eigenvalue weighted by Gasteiger charge is -2.21. The summed E-state index contributed by atoms with van der Waals surface area (Å²) in [5.74, 6) is 1.20. The van der Waals surface area contributed by atoms with Crippen molar-refractivity contribution in [3.05, 3.63) is 22.8 Å². The molecule has 0 unspecified atom stereocenters. The Hall–Kier alpha value is -0.800. The lowest BCUT2D eigenvalue weighted by Crippen LogP contribution is -2.13. The molecule has 94 valence electrons. The van der Waals surface area contributed by atoms with Gasteiger partial charge in [0.25, 0.3) is 0 Å². The fourth-order valence-corrected chi connectivity index (χ4v) is 2.44. The number of nitrogens with two attached hydrogens (primary N) is 1. The maximum atomic E-state index is 6.02. The summed E-state index contributed by atoms with van der Waals surface area (Å²) in [6.45, 7) is 1.27. The molecule has 4 heteroatoms. The molecule has 0 amide bonds. The molecule has 0 bridgehead atoms. The highest BCUT2D eigenvalue weighted by Gasteiger charge is 2.13. The summed E-state index contributed by atoms with van der Waals surface area (Å²) < 4.78 is 5.69. The molecule has 1 saturated carbocycles. The van der Waals surface area contributed by atoms with Crippen molar-refractivity contribution in [2.75, 3.05) is 12.3 Å². The van der Waals surface area contributed by atoms with Crippen molar-refractivity contribution in [2.24, 2.45) is 5.92 Å². The Morgan fingerprint density at radius 1 is 1.29 bits per heavy atom. The van der Waals surface area contributed by atoms with Crippen LogP contribution in [0.3, 0.4) is 0 Å². The smallest absolute Gasteiger partial charge is 0.123 e. The van der Waals surface area contributed by atoms with Crippen LogP contribution in [0.4, 0.5) is 5.82 Å². The van der Waals surface area contributed by atoms with E-state index in [9.17, 15) is 0 Å². The van der Waals surface area contributed by atoms with Crippen molar-refractivity contribution in [3.63, 3.8) is 0 Å². The van der Waals surface area contributed by atoms with Crippen molar-refractivity contribution in [1.29, 1.82) is 0 Å². The predicted molar refractivity (Wildman–Crippen MR) is 69.9 cm³/mol. The van der Waals surface area contributed by atoms with Crippen LogP contribution in [0.2, 0.25) is 5.02 Å². The molecule has 2 rings (SSSR count). The van der Waals surface area contributed by atoms with Crippen molar-refractivity contribution >= 4 is 17.4 Å². The highest BCUT2D eigenvalue weighted by Crippen LogP contribution is 2.24. The van der Waals surface area contributed by atoms with Crippen LogP contribution in [0.15, 0.2) is 12.1 Å². The van der Waals surface area contributed by atoms with E-state index in [0.29, 0.717) is 23.4 Å². The first-order valence-electron chi connectivity index (χ1n) is 6.24. The molecule has 0 radical (unpaired) electrons. The zero-order valence-electron chi connectivity index (χ0n) is 9.99. The summed E-state index contributed by atoms with van der Waals surface area (Å²) in [6.07, 6.45) is 6.63. The first-order chi connectivity index (χ1) is 8.25. The quantitative estimate of drug-likeness (QED) is 0.896. The number of aromatic nitrogens is 1. The molecule has 0 aromatic carbocycles. The summed E-state index contributed by atoms with van der Waals surface area (Å²) in [5, 5.41) is 0.628. The second kappa shape index (κ2) is 6.22. The van der Waals surface area contributed by atoms with Gasteiger partial charge in [0.1, 0.15) is 5.82 Å². The Kier molecular flexibility index (Phi) is 4.63. The Balaban J connectivity index is 1.79. The van der Waals surface area contributed by atoms with Gasteiger partial charge in [-0.2, -0.15) is 0 Å². The van der Waals surface area contributed by atoms with E-state index in [1.54, 1.807) is 12.1 Å². The topological polar surface area (TPSA) is 48.1 Å². The van der Waals surface area contributed by atoms with Crippen molar-refractivity contribution in [2.45, 2.75) is 38.7 Å². The van der Waals surface area contributed by atoms with Crippen molar-refractivity contribution < 1.29 is 4.74 Å². The highest BCUT2D eigenvalue weighted by molar-refractivity contribution is 6.31. The third kappa shape index (κ3) is 3.86. The molecule has 17 heavy (non-hydrogen) atoms. The van der Waals surface area contributed by atoms with E-state index >= 15 is 0 Å². The fraction of sp³-hybridized carbons (Fsp3) is 0.615. The van der Waals surface area contributed by atoms with Gasteiger partial charge < -0.3 is 10.5 Å². The van der Waals surface area contributed by atoms with Crippen LogP contribution in [0.1, 0.15) is 37.8 Å². The zero-order chi connectivity index (χ0) is 12.1. The molecule has 0 aliphatic heterocycles. The van der Waals surface area contributed by atoms with Crippen LogP contribution in [-0.4, -0.2) is 11.6 Å². The summed E-state index contributed by atoms with van der Waals surface area (Å²) >= 11 is 6.02. The average Bonchev–Trinajstić information content (AvgIpc) is 2.35. The van der Waals surface area contributed by atoms with Gasteiger partial charge in [-0.25, -0.2) is 4.98 Å². The number of pyridine rings is 1. The molecule has 3 nitrogen and oxygen atoms in total. The number of anilines is 1. The first kappa shape index (κ1) is 12.7. The number of hydrogen-bond donors (Lipinski definition) is 1. The van der Waals surface area contributed by atoms with Gasteiger partial charge in [-0.15, -0.1) is 0 Å². The maximum Gasteiger partial charge on any atom is 0.123 e. The molecule has 1 aromatic rings. The number of ether oxygens (including phenoxy) is 1. The molecule has 0 atom stereocenters. The summed E-state index contributed by atoms with van der Waals surface area (Å²) in [4.78, 5) is 4.18. The van der Waals surface area contributed by atoms with E-state index < -0.39 is 0 Å².